The van der Waals surface area contributed by atoms with Crippen molar-refractivity contribution in [2.45, 2.75) is 13.0 Å². The van der Waals surface area contributed by atoms with Gasteiger partial charge in [0.25, 0.3) is 0 Å². The van der Waals surface area contributed by atoms with Gasteiger partial charge < -0.3 is 19.5 Å². The minimum absolute atomic E-state index is 0.328. The summed E-state index contributed by atoms with van der Waals surface area (Å²) in [6.45, 7) is 1.73. The van der Waals surface area contributed by atoms with E-state index in [2.05, 4.69) is 22.4 Å². The molecule has 0 amide bonds. The topological polar surface area (TPSA) is 69.2 Å². The molecule has 1 aliphatic rings. The molecule has 0 aromatic heterocycles. The molecule has 6 heteroatoms. The number of hydrogen-bond donors (Lipinski definition) is 1. The van der Waals surface area contributed by atoms with Crippen molar-refractivity contribution in [2.75, 3.05) is 27.4 Å². The molecule has 0 saturated carbocycles. The van der Waals surface area contributed by atoms with Crippen LogP contribution in [0.25, 0.3) is 0 Å². The van der Waals surface area contributed by atoms with Crippen molar-refractivity contribution in [1.82, 2.24) is 5.32 Å². The second-order valence-corrected chi connectivity index (χ2v) is 5.81. The molecule has 2 aromatic carbocycles. The van der Waals surface area contributed by atoms with Gasteiger partial charge in [-0.1, -0.05) is 24.3 Å². The largest absolute Gasteiger partial charge is 0.493 e. The Hall–Kier alpha value is -3.02. The molecule has 0 aliphatic carbocycles. The molecular formula is C20H22N2O4. The molecule has 136 valence electrons. The maximum absolute atomic E-state index is 12.1. The van der Waals surface area contributed by atoms with E-state index in [1.54, 1.807) is 25.3 Å². The van der Waals surface area contributed by atoms with E-state index in [1.165, 1.54) is 12.7 Å². The lowest BCUT2D eigenvalue weighted by atomic mass is 10.1. The zero-order valence-electron chi connectivity index (χ0n) is 15.0. The number of rotatable bonds is 7. The SMILES string of the molecule is COc1ccc(C(=O)OCCCNC2=NCc3ccccc32)cc1OC. The number of hydrogen-bond acceptors (Lipinski definition) is 6. The second kappa shape index (κ2) is 8.38. The highest BCUT2D eigenvalue weighted by atomic mass is 16.5. The van der Waals surface area contributed by atoms with Crippen molar-refractivity contribution in [3.05, 3.63) is 59.2 Å². The molecule has 0 radical (unpaired) electrons. The first-order valence-corrected chi connectivity index (χ1v) is 8.48. The van der Waals surface area contributed by atoms with Crippen molar-refractivity contribution in [2.24, 2.45) is 4.99 Å². The Labute approximate surface area is 152 Å². The molecular weight excluding hydrogens is 332 g/mol. The van der Waals surface area contributed by atoms with E-state index in [9.17, 15) is 4.79 Å². The van der Waals surface area contributed by atoms with Crippen molar-refractivity contribution < 1.29 is 19.0 Å². The maximum Gasteiger partial charge on any atom is 0.338 e. The lowest BCUT2D eigenvalue weighted by Crippen LogP contribution is -2.25. The number of methoxy groups -OCH3 is 2. The zero-order chi connectivity index (χ0) is 18.4. The van der Waals surface area contributed by atoms with Gasteiger partial charge >= 0.3 is 5.97 Å². The predicted octanol–water partition coefficient (Wildman–Crippen LogP) is 2.80. The molecule has 26 heavy (non-hydrogen) atoms. The summed E-state index contributed by atoms with van der Waals surface area (Å²) in [7, 11) is 3.08. The fourth-order valence-corrected chi connectivity index (χ4v) is 2.78. The van der Waals surface area contributed by atoms with Crippen molar-refractivity contribution in [3.63, 3.8) is 0 Å². The minimum atomic E-state index is -0.380. The molecule has 0 fully saturated rings. The summed E-state index contributed by atoms with van der Waals surface area (Å²) < 4.78 is 15.7. The summed E-state index contributed by atoms with van der Waals surface area (Å²) in [5.41, 5.74) is 2.81. The minimum Gasteiger partial charge on any atom is -0.493 e. The second-order valence-electron chi connectivity index (χ2n) is 5.81. The molecule has 0 unspecified atom stereocenters. The van der Waals surface area contributed by atoms with Crippen LogP contribution in [0.5, 0.6) is 11.5 Å². The van der Waals surface area contributed by atoms with Crippen LogP contribution < -0.4 is 14.8 Å². The van der Waals surface area contributed by atoms with E-state index in [1.807, 2.05) is 12.1 Å². The fraction of sp³-hybridized carbons (Fsp3) is 0.300. The Morgan fingerprint density at radius 2 is 1.92 bits per heavy atom. The zero-order valence-corrected chi connectivity index (χ0v) is 15.0. The number of ether oxygens (including phenoxy) is 3. The summed E-state index contributed by atoms with van der Waals surface area (Å²) in [5, 5.41) is 3.31. The Morgan fingerprint density at radius 1 is 1.12 bits per heavy atom. The van der Waals surface area contributed by atoms with Gasteiger partial charge in [0.05, 0.1) is 32.9 Å². The Balaban J connectivity index is 1.43. The van der Waals surface area contributed by atoms with Crippen LogP contribution in [0, 0.1) is 0 Å². The Bertz CT molecular complexity index is 817. The van der Waals surface area contributed by atoms with Crippen LogP contribution in [-0.2, 0) is 11.3 Å². The molecule has 0 bridgehead atoms. The predicted molar refractivity (Wildman–Crippen MR) is 99.1 cm³/mol. The summed E-state index contributed by atoms with van der Waals surface area (Å²) in [5.74, 6) is 1.61. The molecule has 1 aliphatic heterocycles. The van der Waals surface area contributed by atoms with Crippen LogP contribution in [0.3, 0.4) is 0 Å². The molecule has 6 nitrogen and oxygen atoms in total. The molecule has 0 spiro atoms. The molecule has 3 rings (SSSR count). The van der Waals surface area contributed by atoms with Gasteiger partial charge in [0.1, 0.15) is 5.84 Å². The van der Waals surface area contributed by atoms with Crippen molar-refractivity contribution >= 4 is 11.8 Å². The van der Waals surface area contributed by atoms with Gasteiger partial charge in [-0.3, -0.25) is 4.99 Å². The number of nitrogens with zero attached hydrogens (tertiary/aromatic N) is 1. The third-order valence-electron chi connectivity index (χ3n) is 4.15. The smallest absolute Gasteiger partial charge is 0.338 e. The first kappa shape index (κ1) is 17.8. The van der Waals surface area contributed by atoms with Gasteiger partial charge in [0.2, 0.25) is 0 Å². The highest BCUT2D eigenvalue weighted by Crippen LogP contribution is 2.27. The standard InChI is InChI=1S/C20H22N2O4/c1-24-17-9-8-14(12-18(17)25-2)20(23)26-11-5-10-21-19-16-7-4-3-6-15(16)13-22-19/h3-4,6-9,12H,5,10-11,13H2,1-2H3,(H,21,22). The quantitative estimate of drug-likeness (QED) is 0.612. The van der Waals surface area contributed by atoms with Crippen LogP contribution in [0.2, 0.25) is 0 Å². The van der Waals surface area contributed by atoms with Crippen LogP contribution in [-0.4, -0.2) is 39.2 Å². The molecule has 0 atom stereocenters. The monoisotopic (exact) mass is 354 g/mol. The van der Waals surface area contributed by atoms with E-state index in [0.29, 0.717) is 43.2 Å². The average molecular weight is 354 g/mol. The van der Waals surface area contributed by atoms with Gasteiger partial charge in [-0.15, -0.1) is 0 Å². The van der Waals surface area contributed by atoms with Crippen molar-refractivity contribution in [3.8, 4) is 11.5 Å². The first-order chi connectivity index (χ1) is 12.7. The van der Waals surface area contributed by atoms with E-state index < -0.39 is 0 Å². The normalized spacial score (nSPS) is 12.2. The Kier molecular flexibility index (Phi) is 5.73. The van der Waals surface area contributed by atoms with E-state index in [-0.39, 0.29) is 5.97 Å². The first-order valence-electron chi connectivity index (χ1n) is 8.48. The number of fused-ring (bicyclic) bond motifs is 1. The number of aliphatic imine (C=N–C) groups is 1. The van der Waals surface area contributed by atoms with E-state index in [4.69, 9.17) is 14.2 Å². The van der Waals surface area contributed by atoms with E-state index >= 15 is 0 Å². The molecule has 2 aromatic rings. The van der Waals surface area contributed by atoms with Gasteiger partial charge in [0, 0.05) is 12.1 Å². The summed E-state index contributed by atoms with van der Waals surface area (Å²) in [4.78, 5) is 16.6. The highest BCUT2D eigenvalue weighted by molar-refractivity contribution is 6.01. The van der Waals surface area contributed by atoms with Gasteiger partial charge in [0.15, 0.2) is 11.5 Å². The van der Waals surface area contributed by atoms with Gasteiger partial charge in [-0.25, -0.2) is 4.79 Å². The number of nitrogens with one attached hydrogen (secondary N) is 1. The molecule has 1 N–H and O–H groups in total. The number of esters is 1. The average Bonchev–Trinajstić information content (AvgIpc) is 3.10. The van der Waals surface area contributed by atoms with Crippen LogP contribution in [0.1, 0.15) is 27.9 Å². The number of benzene rings is 2. The lowest BCUT2D eigenvalue weighted by molar-refractivity contribution is 0.0501. The molecule has 1 heterocycles. The number of carbonyl (C=O) groups is 1. The summed E-state index contributed by atoms with van der Waals surface area (Å²) in [6, 6.07) is 13.1. The third-order valence-corrected chi connectivity index (χ3v) is 4.15. The summed E-state index contributed by atoms with van der Waals surface area (Å²) >= 11 is 0. The van der Waals surface area contributed by atoms with Gasteiger partial charge in [-0.05, 0) is 30.2 Å². The van der Waals surface area contributed by atoms with Crippen molar-refractivity contribution in [1.29, 1.82) is 0 Å². The number of amidine groups is 1. The summed E-state index contributed by atoms with van der Waals surface area (Å²) in [6.07, 6.45) is 0.695. The lowest BCUT2D eigenvalue weighted by Gasteiger charge is -2.10. The third kappa shape index (κ3) is 3.96. The van der Waals surface area contributed by atoms with Crippen LogP contribution >= 0.6 is 0 Å². The fourth-order valence-electron chi connectivity index (χ4n) is 2.78. The van der Waals surface area contributed by atoms with E-state index in [0.717, 1.165) is 11.4 Å². The highest BCUT2D eigenvalue weighted by Gasteiger charge is 2.14. The number of carbonyl (C=O) groups excluding carboxylic acids is 1. The van der Waals surface area contributed by atoms with Crippen LogP contribution in [0.15, 0.2) is 47.5 Å². The maximum atomic E-state index is 12.1. The molecule has 0 saturated heterocycles. The van der Waals surface area contributed by atoms with Crippen LogP contribution in [0.4, 0.5) is 0 Å². The Morgan fingerprint density at radius 3 is 2.73 bits per heavy atom. The van der Waals surface area contributed by atoms with Gasteiger partial charge in [-0.2, -0.15) is 0 Å².